The summed E-state index contributed by atoms with van der Waals surface area (Å²) in [5, 5.41) is 9.93. The van der Waals surface area contributed by atoms with Gasteiger partial charge in [0.1, 0.15) is 11.5 Å². The third kappa shape index (κ3) is 4.16. The number of benzene rings is 2. The highest BCUT2D eigenvalue weighted by Gasteiger charge is 2.43. The van der Waals surface area contributed by atoms with Crippen molar-refractivity contribution in [3.63, 3.8) is 0 Å². The molecule has 0 atom stereocenters. The Bertz CT molecular complexity index is 1180. The van der Waals surface area contributed by atoms with Crippen LogP contribution >= 0.6 is 0 Å². The standard InChI is InChI=1S/C25H26N4O4/c1-16(2)32-19-6-7-22-20(15-19)23(30)27-25(33-22)9-12-29(13-10-25)24(31)18-5-3-4-17(14-18)21-8-11-26-28-21/h3-8,11,14-16H,9-10,12-13H2,1-2H3,(H,26,28)(H,27,30). The Labute approximate surface area is 191 Å². The molecule has 2 N–H and O–H groups in total. The number of carbonyl (C=O) groups excluding carboxylic acids is 2. The van der Waals surface area contributed by atoms with Crippen molar-refractivity contribution in [1.29, 1.82) is 0 Å². The fourth-order valence-electron chi connectivity index (χ4n) is 4.35. The summed E-state index contributed by atoms with van der Waals surface area (Å²) in [5.74, 6) is 0.958. The number of ether oxygens (including phenoxy) is 2. The summed E-state index contributed by atoms with van der Waals surface area (Å²) in [6, 6.07) is 14.7. The molecule has 0 bridgehead atoms. The van der Waals surface area contributed by atoms with E-state index < -0.39 is 5.72 Å². The summed E-state index contributed by atoms with van der Waals surface area (Å²) >= 11 is 0. The molecule has 33 heavy (non-hydrogen) atoms. The molecule has 2 aromatic carbocycles. The number of aromatic amines is 1. The molecule has 1 spiro atoms. The Morgan fingerprint density at radius 2 is 1.97 bits per heavy atom. The number of nitrogens with zero attached hydrogens (tertiary/aromatic N) is 2. The Hall–Kier alpha value is -3.81. The number of H-pyrrole nitrogens is 1. The molecule has 5 rings (SSSR count). The molecular formula is C25H26N4O4. The fourth-order valence-corrected chi connectivity index (χ4v) is 4.35. The number of rotatable bonds is 4. The smallest absolute Gasteiger partial charge is 0.258 e. The molecule has 2 aliphatic rings. The van der Waals surface area contributed by atoms with Gasteiger partial charge in [0, 0.05) is 43.3 Å². The minimum atomic E-state index is -0.806. The maximum Gasteiger partial charge on any atom is 0.258 e. The average Bonchev–Trinajstić information content (AvgIpc) is 3.35. The van der Waals surface area contributed by atoms with Gasteiger partial charge in [-0.2, -0.15) is 5.10 Å². The molecule has 0 aliphatic carbocycles. The molecule has 0 radical (unpaired) electrons. The molecule has 2 aliphatic heterocycles. The van der Waals surface area contributed by atoms with Crippen molar-refractivity contribution in [2.45, 2.75) is 38.5 Å². The lowest BCUT2D eigenvalue weighted by Crippen LogP contribution is -2.61. The number of fused-ring (bicyclic) bond motifs is 1. The van der Waals surface area contributed by atoms with Crippen LogP contribution in [0, 0.1) is 0 Å². The van der Waals surface area contributed by atoms with Crippen LogP contribution in [0.25, 0.3) is 11.3 Å². The quantitative estimate of drug-likeness (QED) is 0.638. The summed E-state index contributed by atoms with van der Waals surface area (Å²) < 4.78 is 12.0. The zero-order chi connectivity index (χ0) is 23.0. The van der Waals surface area contributed by atoms with E-state index in [-0.39, 0.29) is 17.9 Å². The van der Waals surface area contributed by atoms with Crippen molar-refractivity contribution in [2.75, 3.05) is 13.1 Å². The third-order valence-corrected chi connectivity index (χ3v) is 5.99. The fraction of sp³-hybridized carbons (Fsp3) is 0.320. The largest absolute Gasteiger partial charge is 0.491 e. The second-order valence-corrected chi connectivity index (χ2v) is 8.72. The van der Waals surface area contributed by atoms with Crippen molar-refractivity contribution in [3.05, 3.63) is 65.9 Å². The number of hydrogen-bond acceptors (Lipinski definition) is 5. The molecule has 0 unspecified atom stereocenters. The second kappa shape index (κ2) is 8.27. The number of aromatic nitrogens is 2. The molecule has 170 valence electrons. The van der Waals surface area contributed by atoms with Crippen LogP contribution in [0.4, 0.5) is 0 Å². The van der Waals surface area contributed by atoms with Gasteiger partial charge in [-0.3, -0.25) is 14.7 Å². The summed E-state index contributed by atoms with van der Waals surface area (Å²) in [5.41, 5.74) is 2.05. The van der Waals surface area contributed by atoms with Crippen molar-refractivity contribution in [2.24, 2.45) is 0 Å². The van der Waals surface area contributed by atoms with Gasteiger partial charge in [-0.05, 0) is 50.2 Å². The van der Waals surface area contributed by atoms with E-state index in [1.54, 1.807) is 18.3 Å². The predicted molar refractivity (Wildman–Crippen MR) is 122 cm³/mol. The van der Waals surface area contributed by atoms with Crippen molar-refractivity contribution in [1.82, 2.24) is 20.4 Å². The molecule has 0 saturated carbocycles. The van der Waals surface area contributed by atoms with Gasteiger partial charge in [0.25, 0.3) is 11.8 Å². The first-order valence-electron chi connectivity index (χ1n) is 11.1. The van der Waals surface area contributed by atoms with E-state index >= 15 is 0 Å². The lowest BCUT2D eigenvalue weighted by atomic mass is 9.96. The molecule has 1 saturated heterocycles. The molecule has 2 amide bonds. The van der Waals surface area contributed by atoms with Crippen molar-refractivity contribution in [3.8, 4) is 22.8 Å². The Morgan fingerprint density at radius 3 is 2.70 bits per heavy atom. The Morgan fingerprint density at radius 1 is 1.15 bits per heavy atom. The van der Waals surface area contributed by atoms with Crippen LogP contribution in [0.3, 0.4) is 0 Å². The zero-order valence-electron chi connectivity index (χ0n) is 18.6. The highest BCUT2D eigenvalue weighted by atomic mass is 16.5. The number of amides is 2. The number of piperidine rings is 1. The van der Waals surface area contributed by atoms with E-state index in [1.807, 2.05) is 55.1 Å². The minimum absolute atomic E-state index is 0.0176. The highest BCUT2D eigenvalue weighted by Crippen LogP contribution is 2.36. The van der Waals surface area contributed by atoms with Crippen LogP contribution in [0.2, 0.25) is 0 Å². The third-order valence-electron chi connectivity index (χ3n) is 5.99. The van der Waals surface area contributed by atoms with Gasteiger partial charge >= 0.3 is 0 Å². The number of likely N-dealkylation sites (tertiary alicyclic amines) is 1. The van der Waals surface area contributed by atoms with E-state index in [1.165, 1.54) is 0 Å². The predicted octanol–water partition coefficient (Wildman–Crippen LogP) is 3.62. The first-order chi connectivity index (χ1) is 15.9. The summed E-state index contributed by atoms with van der Waals surface area (Å²) in [4.78, 5) is 27.8. The number of hydrogen-bond donors (Lipinski definition) is 2. The van der Waals surface area contributed by atoms with E-state index in [0.29, 0.717) is 48.6 Å². The van der Waals surface area contributed by atoms with E-state index in [2.05, 4.69) is 15.5 Å². The summed E-state index contributed by atoms with van der Waals surface area (Å²) in [7, 11) is 0. The number of carbonyl (C=O) groups is 2. The molecule has 3 aromatic rings. The van der Waals surface area contributed by atoms with E-state index in [4.69, 9.17) is 9.47 Å². The van der Waals surface area contributed by atoms with E-state index in [0.717, 1.165) is 11.3 Å². The first kappa shape index (κ1) is 21.1. The molecule has 1 aromatic heterocycles. The molecular weight excluding hydrogens is 420 g/mol. The molecule has 1 fully saturated rings. The van der Waals surface area contributed by atoms with Gasteiger partial charge in [0.2, 0.25) is 0 Å². The van der Waals surface area contributed by atoms with Gasteiger partial charge in [-0.1, -0.05) is 12.1 Å². The van der Waals surface area contributed by atoms with Gasteiger partial charge in [0.05, 0.1) is 17.4 Å². The average molecular weight is 447 g/mol. The molecule has 8 heteroatoms. The van der Waals surface area contributed by atoms with Crippen LogP contribution < -0.4 is 14.8 Å². The van der Waals surface area contributed by atoms with Gasteiger partial charge in [-0.15, -0.1) is 0 Å². The van der Waals surface area contributed by atoms with Crippen LogP contribution in [0.1, 0.15) is 47.4 Å². The van der Waals surface area contributed by atoms with Gasteiger partial charge < -0.3 is 19.7 Å². The maximum absolute atomic E-state index is 13.1. The van der Waals surface area contributed by atoms with E-state index in [9.17, 15) is 9.59 Å². The monoisotopic (exact) mass is 446 g/mol. The molecule has 8 nitrogen and oxygen atoms in total. The zero-order valence-corrected chi connectivity index (χ0v) is 18.6. The summed E-state index contributed by atoms with van der Waals surface area (Å²) in [6.45, 7) is 4.84. The molecule has 3 heterocycles. The van der Waals surface area contributed by atoms with Crippen LogP contribution in [0.15, 0.2) is 54.7 Å². The van der Waals surface area contributed by atoms with Gasteiger partial charge in [0.15, 0.2) is 5.72 Å². The van der Waals surface area contributed by atoms with Crippen molar-refractivity contribution < 1.29 is 19.1 Å². The lowest BCUT2D eigenvalue weighted by Gasteiger charge is -2.44. The SMILES string of the molecule is CC(C)Oc1ccc2c(c1)C(=O)NC1(CCN(C(=O)c3cccc(-c4ccn[nH]4)c3)CC1)O2. The highest BCUT2D eigenvalue weighted by molar-refractivity contribution is 5.99. The van der Waals surface area contributed by atoms with Crippen LogP contribution in [0.5, 0.6) is 11.5 Å². The minimum Gasteiger partial charge on any atom is -0.491 e. The lowest BCUT2D eigenvalue weighted by molar-refractivity contribution is -0.0246. The summed E-state index contributed by atoms with van der Waals surface area (Å²) in [6.07, 6.45) is 2.72. The number of nitrogens with one attached hydrogen (secondary N) is 2. The Balaban J connectivity index is 1.28. The van der Waals surface area contributed by atoms with Crippen LogP contribution in [-0.2, 0) is 0 Å². The van der Waals surface area contributed by atoms with Crippen molar-refractivity contribution >= 4 is 11.8 Å². The topological polar surface area (TPSA) is 96.5 Å². The first-order valence-corrected chi connectivity index (χ1v) is 11.1. The maximum atomic E-state index is 13.1. The second-order valence-electron chi connectivity index (χ2n) is 8.72. The normalized spacial score (nSPS) is 16.8. The van der Waals surface area contributed by atoms with Crippen LogP contribution in [-0.4, -0.2) is 51.8 Å². The Kier molecular flexibility index (Phi) is 5.28. The van der Waals surface area contributed by atoms with Gasteiger partial charge in [-0.25, -0.2) is 0 Å².